The lowest BCUT2D eigenvalue weighted by molar-refractivity contribution is -0.136. The van der Waals surface area contributed by atoms with Gasteiger partial charge in [0.05, 0.1) is 6.61 Å². The lowest BCUT2D eigenvalue weighted by Gasteiger charge is -2.36. The molecular formula is C29H37N5O4. The number of unbranched alkanes of at least 4 members (excludes halogenated alkanes) is 1. The van der Waals surface area contributed by atoms with E-state index in [9.17, 15) is 14.4 Å². The van der Waals surface area contributed by atoms with Gasteiger partial charge in [-0.25, -0.2) is 0 Å². The van der Waals surface area contributed by atoms with Crippen molar-refractivity contribution in [3.8, 4) is 5.75 Å². The maximum absolute atomic E-state index is 12.9. The number of nitrogens with two attached hydrogens (primary N) is 1. The number of ether oxygens (including phenoxy) is 1. The predicted octanol–water partition coefficient (Wildman–Crippen LogP) is 2.45. The zero-order valence-electron chi connectivity index (χ0n) is 22.0. The molecule has 0 bridgehead atoms. The van der Waals surface area contributed by atoms with E-state index in [-0.39, 0.29) is 30.2 Å². The maximum Gasteiger partial charge on any atom is 0.255 e. The summed E-state index contributed by atoms with van der Waals surface area (Å²) in [7, 11) is 0. The highest BCUT2D eigenvalue weighted by Crippen LogP contribution is 2.31. The largest absolute Gasteiger partial charge is 0.494 e. The van der Waals surface area contributed by atoms with Crippen molar-refractivity contribution in [2.75, 3.05) is 44.2 Å². The first-order chi connectivity index (χ1) is 18.4. The third-order valence-electron chi connectivity index (χ3n) is 7.79. The summed E-state index contributed by atoms with van der Waals surface area (Å²) in [6.45, 7) is 8.02. The summed E-state index contributed by atoms with van der Waals surface area (Å²) in [5.74, 6) is 0.117. The number of piperazine rings is 1. The molecule has 3 N–H and O–H groups in total. The summed E-state index contributed by atoms with van der Waals surface area (Å²) in [6, 6.07) is 13.5. The number of carbonyl (C=O) groups excluding carboxylic acids is 3. The van der Waals surface area contributed by atoms with Crippen LogP contribution < -0.4 is 20.7 Å². The number of hydrogen-bond acceptors (Lipinski definition) is 7. The molecule has 0 saturated carbocycles. The second kappa shape index (κ2) is 11.5. The number of carbonyl (C=O) groups is 3. The van der Waals surface area contributed by atoms with Crippen molar-refractivity contribution >= 4 is 23.4 Å². The van der Waals surface area contributed by atoms with Gasteiger partial charge in [-0.2, -0.15) is 0 Å². The van der Waals surface area contributed by atoms with Gasteiger partial charge in [-0.1, -0.05) is 12.1 Å². The molecule has 0 aliphatic carbocycles. The Morgan fingerprint density at radius 2 is 1.79 bits per heavy atom. The molecule has 2 fully saturated rings. The average Bonchev–Trinajstić information content (AvgIpc) is 3.24. The predicted molar refractivity (Wildman–Crippen MR) is 145 cm³/mol. The number of hydrogen-bond donors (Lipinski definition) is 2. The van der Waals surface area contributed by atoms with Gasteiger partial charge >= 0.3 is 0 Å². The zero-order chi connectivity index (χ0) is 26.6. The van der Waals surface area contributed by atoms with Gasteiger partial charge < -0.3 is 20.3 Å². The van der Waals surface area contributed by atoms with Crippen LogP contribution >= 0.6 is 0 Å². The summed E-state index contributed by atoms with van der Waals surface area (Å²) >= 11 is 0. The smallest absolute Gasteiger partial charge is 0.255 e. The number of nitrogens with one attached hydrogen (secondary N) is 1. The summed E-state index contributed by atoms with van der Waals surface area (Å²) in [5.41, 5.74) is 9.73. The molecule has 3 aliphatic rings. The highest BCUT2D eigenvalue weighted by molar-refractivity contribution is 6.05. The van der Waals surface area contributed by atoms with Crippen molar-refractivity contribution in [1.29, 1.82) is 0 Å². The first-order valence-electron chi connectivity index (χ1n) is 13.6. The third kappa shape index (κ3) is 5.84. The molecule has 3 heterocycles. The average molecular weight is 520 g/mol. The quantitative estimate of drug-likeness (QED) is 0.387. The fraction of sp³-hybridized carbons (Fsp3) is 0.483. The molecular weight excluding hydrogens is 482 g/mol. The molecule has 1 unspecified atom stereocenters. The monoisotopic (exact) mass is 519 g/mol. The molecule has 0 spiro atoms. The fourth-order valence-corrected chi connectivity index (χ4v) is 5.48. The first-order valence-corrected chi connectivity index (χ1v) is 13.6. The minimum absolute atomic E-state index is 0.0340. The molecule has 0 radical (unpaired) electrons. The molecule has 9 heteroatoms. The minimum Gasteiger partial charge on any atom is -0.494 e. The number of imide groups is 1. The number of benzene rings is 2. The minimum atomic E-state index is -0.578. The molecule has 38 heavy (non-hydrogen) atoms. The molecule has 9 nitrogen and oxygen atoms in total. The van der Waals surface area contributed by atoms with Crippen LogP contribution in [0.1, 0.15) is 60.1 Å². The van der Waals surface area contributed by atoms with Crippen LogP contribution in [0.2, 0.25) is 0 Å². The number of nitrogens with zero attached hydrogens (tertiary/aromatic N) is 3. The zero-order valence-corrected chi connectivity index (χ0v) is 22.0. The summed E-state index contributed by atoms with van der Waals surface area (Å²) in [5, 5.41) is 2.36. The van der Waals surface area contributed by atoms with Crippen LogP contribution in [-0.2, 0) is 16.1 Å². The molecule has 3 aliphatic heterocycles. The van der Waals surface area contributed by atoms with Gasteiger partial charge in [-0.05, 0) is 74.2 Å². The lowest BCUT2D eigenvalue weighted by atomic mass is 10.0. The van der Waals surface area contributed by atoms with E-state index in [0.717, 1.165) is 68.1 Å². The van der Waals surface area contributed by atoms with E-state index >= 15 is 0 Å². The van der Waals surface area contributed by atoms with Crippen molar-refractivity contribution < 1.29 is 19.1 Å². The first kappa shape index (κ1) is 26.2. The van der Waals surface area contributed by atoms with Crippen LogP contribution in [0.4, 0.5) is 5.69 Å². The molecule has 5 rings (SSSR count). The number of amides is 3. The van der Waals surface area contributed by atoms with Crippen LogP contribution in [-0.4, -0.2) is 72.9 Å². The number of anilines is 1. The molecule has 0 aromatic heterocycles. The Bertz CT molecular complexity index is 1170. The van der Waals surface area contributed by atoms with Crippen molar-refractivity contribution in [2.45, 2.75) is 51.2 Å². The second-order valence-electron chi connectivity index (χ2n) is 10.5. The molecule has 3 amide bonds. The molecule has 2 atom stereocenters. The van der Waals surface area contributed by atoms with Crippen molar-refractivity contribution in [3.05, 3.63) is 59.2 Å². The Kier molecular flexibility index (Phi) is 7.95. The highest BCUT2D eigenvalue weighted by atomic mass is 16.5. The standard InChI is InChI=1S/C29H37N5O4/c1-20(30)21-4-7-24(8-5-21)38-17-3-2-12-32-13-15-33(16-14-32)23-6-9-25-22(18-23)19-34(29(25)37)26-10-11-27(35)31-28(26)36/h4-9,18,20,26H,2-3,10-17,19,30H2,1H3,(H,31,35,36)/t20-,26?/m1/s1. The van der Waals surface area contributed by atoms with Gasteiger partial charge in [-0.15, -0.1) is 0 Å². The normalized spacial score (nSPS) is 20.9. The SMILES string of the molecule is C[C@@H](N)c1ccc(OCCCCN2CCN(c3ccc4c(c3)CN(C3CCC(=O)NC3=O)C4=O)CC2)cc1. The van der Waals surface area contributed by atoms with Gasteiger partial charge in [0.2, 0.25) is 11.8 Å². The van der Waals surface area contributed by atoms with Crippen LogP contribution in [0, 0.1) is 0 Å². The summed E-state index contributed by atoms with van der Waals surface area (Å²) in [4.78, 5) is 43.2. The van der Waals surface area contributed by atoms with E-state index in [2.05, 4.69) is 21.2 Å². The molecule has 2 saturated heterocycles. The van der Waals surface area contributed by atoms with Gasteiger partial charge in [-0.3, -0.25) is 24.6 Å². The van der Waals surface area contributed by atoms with Crippen LogP contribution in [0.25, 0.3) is 0 Å². The second-order valence-corrected chi connectivity index (χ2v) is 10.5. The van der Waals surface area contributed by atoms with E-state index in [1.807, 2.05) is 43.3 Å². The molecule has 2 aromatic carbocycles. The molecule has 202 valence electrons. The number of piperidine rings is 1. The van der Waals surface area contributed by atoms with Crippen LogP contribution in [0.5, 0.6) is 5.75 Å². The van der Waals surface area contributed by atoms with Crippen molar-refractivity contribution in [3.63, 3.8) is 0 Å². The van der Waals surface area contributed by atoms with E-state index in [4.69, 9.17) is 10.5 Å². The Hall–Kier alpha value is -3.43. The van der Waals surface area contributed by atoms with Gasteiger partial charge in [0, 0.05) is 56.4 Å². The number of fused-ring (bicyclic) bond motifs is 1. The Morgan fingerprint density at radius 3 is 2.50 bits per heavy atom. The third-order valence-corrected chi connectivity index (χ3v) is 7.79. The summed E-state index contributed by atoms with van der Waals surface area (Å²) in [6.07, 6.45) is 2.75. The van der Waals surface area contributed by atoms with Gasteiger partial charge in [0.25, 0.3) is 5.91 Å². The van der Waals surface area contributed by atoms with E-state index in [0.29, 0.717) is 25.1 Å². The maximum atomic E-state index is 12.9. The lowest BCUT2D eigenvalue weighted by Crippen LogP contribution is -2.52. The summed E-state index contributed by atoms with van der Waals surface area (Å²) < 4.78 is 5.87. The Morgan fingerprint density at radius 1 is 1.03 bits per heavy atom. The van der Waals surface area contributed by atoms with Crippen molar-refractivity contribution in [2.24, 2.45) is 5.73 Å². The van der Waals surface area contributed by atoms with Gasteiger partial charge in [0.1, 0.15) is 11.8 Å². The Labute approximate surface area is 223 Å². The van der Waals surface area contributed by atoms with Crippen LogP contribution in [0.15, 0.2) is 42.5 Å². The topological polar surface area (TPSA) is 108 Å². The fourth-order valence-electron chi connectivity index (χ4n) is 5.48. The van der Waals surface area contributed by atoms with E-state index in [1.165, 1.54) is 0 Å². The molecule has 2 aromatic rings. The number of rotatable bonds is 9. The highest BCUT2D eigenvalue weighted by Gasteiger charge is 2.39. The van der Waals surface area contributed by atoms with Crippen molar-refractivity contribution in [1.82, 2.24) is 15.1 Å². The van der Waals surface area contributed by atoms with E-state index < -0.39 is 6.04 Å². The van der Waals surface area contributed by atoms with Crippen LogP contribution in [0.3, 0.4) is 0 Å². The van der Waals surface area contributed by atoms with E-state index in [1.54, 1.807) is 4.90 Å². The van der Waals surface area contributed by atoms with Gasteiger partial charge in [0.15, 0.2) is 0 Å². The Balaban J connectivity index is 1.05.